The van der Waals surface area contributed by atoms with Gasteiger partial charge in [-0.3, -0.25) is 0 Å². The van der Waals surface area contributed by atoms with Crippen molar-refractivity contribution in [2.75, 3.05) is 20.3 Å². The van der Waals surface area contributed by atoms with Crippen LogP contribution in [0, 0.1) is 0 Å². The number of hydrogen-bond donors (Lipinski definition) is 1. The van der Waals surface area contributed by atoms with E-state index in [1.54, 1.807) is 19.2 Å². The van der Waals surface area contributed by atoms with Crippen molar-refractivity contribution in [3.63, 3.8) is 0 Å². The summed E-state index contributed by atoms with van der Waals surface area (Å²) in [7, 11) is 1.55. The molecule has 18 heavy (non-hydrogen) atoms. The molecule has 0 heterocycles. The molecule has 1 rings (SSSR count). The van der Waals surface area contributed by atoms with Crippen molar-refractivity contribution in [3.05, 3.63) is 33.3 Å². The minimum absolute atomic E-state index is 0.167. The van der Waals surface area contributed by atoms with E-state index in [2.05, 4.69) is 0 Å². The van der Waals surface area contributed by atoms with Gasteiger partial charge in [0, 0.05) is 22.2 Å². The van der Waals surface area contributed by atoms with Crippen molar-refractivity contribution in [2.24, 2.45) is 5.73 Å². The first-order valence-corrected chi connectivity index (χ1v) is 6.45. The molecule has 2 N–H and O–H groups in total. The van der Waals surface area contributed by atoms with Gasteiger partial charge in [-0.2, -0.15) is 0 Å². The second kappa shape index (κ2) is 7.74. The molecule has 0 aliphatic heterocycles. The highest BCUT2D eigenvalue weighted by atomic mass is 35.5. The van der Waals surface area contributed by atoms with E-state index < -0.39 is 0 Å². The zero-order valence-corrected chi connectivity index (χ0v) is 12.1. The predicted octanol–water partition coefficient (Wildman–Crippen LogP) is 3.55. The van der Waals surface area contributed by atoms with Crippen LogP contribution >= 0.6 is 34.8 Å². The molecule has 100 valence electrons. The molecule has 0 spiro atoms. The smallest absolute Gasteiger partial charge is 0.165 e. The van der Waals surface area contributed by atoms with E-state index >= 15 is 0 Å². The van der Waals surface area contributed by atoms with Crippen LogP contribution in [-0.2, 0) is 6.42 Å². The molecule has 0 bridgehead atoms. The monoisotopic (exact) mass is 309 g/mol. The zero-order valence-electron chi connectivity index (χ0n) is 9.88. The predicted molar refractivity (Wildman–Crippen MR) is 76.0 cm³/mol. The Morgan fingerprint density at radius 2 is 2.17 bits per heavy atom. The molecule has 0 saturated heterocycles. The summed E-state index contributed by atoms with van der Waals surface area (Å²) in [4.78, 5) is 0. The topological polar surface area (TPSA) is 44.5 Å². The maximum atomic E-state index is 5.99. The van der Waals surface area contributed by atoms with Crippen LogP contribution in [0.1, 0.15) is 5.56 Å². The Bertz CT molecular complexity index is 436. The highest BCUT2D eigenvalue weighted by Crippen LogP contribution is 2.35. The largest absolute Gasteiger partial charge is 0.493 e. The third-order valence-corrected chi connectivity index (χ3v) is 3.01. The van der Waals surface area contributed by atoms with Gasteiger partial charge >= 0.3 is 0 Å². The number of benzene rings is 1. The van der Waals surface area contributed by atoms with E-state index in [1.807, 2.05) is 0 Å². The lowest BCUT2D eigenvalue weighted by atomic mass is 10.1. The van der Waals surface area contributed by atoms with E-state index in [-0.39, 0.29) is 6.61 Å². The zero-order chi connectivity index (χ0) is 13.5. The Morgan fingerprint density at radius 1 is 1.44 bits per heavy atom. The molecular formula is C12H14Cl3NO2. The van der Waals surface area contributed by atoms with E-state index in [9.17, 15) is 0 Å². The number of methoxy groups -OCH3 is 1. The van der Waals surface area contributed by atoms with Crippen LogP contribution in [0.15, 0.2) is 22.7 Å². The second-order valence-corrected chi connectivity index (χ2v) is 4.62. The molecule has 0 aliphatic rings. The van der Waals surface area contributed by atoms with Crippen LogP contribution in [0.3, 0.4) is 0 Å². The van der Waals surface area contributed by atoms with Gasteiger partial charge in [-0.1, -0.05) is 34.8 Å². The Balaban J connectivity index is 3.04. The third-order valence-electron chi connectivity index (χ3n) is 2.20. The van der Waals surface area contributed by atoms with Crippen molar-refractivity contribution in [1.82, 2.24) is 0 Å². The number of ether oxygens (including phenoxy) is 2. The van der Waals surface area contributed by atoms with Crippen LogP contribution in [0.5, 0.6) is 11.5 Å². The van der Waals surface area contributed by atoms with Crippen LogP contribution in [0.2, 0.25) is 5.02 Å². The van der Waals surface area contributed by atoms with Crippen LogP contribution in [0.25, 0.3) is 0 Å². The fraction of sp³-hybridized carbons (Fsp3) is 0.333. The average molecular weight is 311 g/mol. The van der Waals surface area contributed by atoms with Gasteiger partial charge in [0.05, 0.1) is 12.1 Å². The highest BCUT2D eigenvalue weighted by Gasteiger charge is 2.12. The molecular weight excluding hydrogens is 296 g/mol. The summed E-state index contributed by atoms with van der Waals surface area (Å²) in [6, 6.07) is 3.47. The summed E-state index contributed by atoms with van der Waals surface area (Å²) in [6.45, 7) is 0.652. The number of hydrogen-bond acceptors (Lipinski definition) is 3. The van der Waals surface area contributed by atoms with Gasteiger partial charge in [0.25, 0.3) is 0 Å². The molecule has 1 aromatic rings. The Kier molecular flexibility index (Phi) is 6.65. The fourth-order valence-corrected chi connectivity index (χ4v) is 1.80. The lowest BCUT2D eigenvalue weighted by Crippen LogP contribution is -2.07. The van der Waals surface area contributed by atoms with Gasteiger partial charge in [0.2, 0.25) is 0 Å². The molecule has 0 atom stereocenters. The second-order valence-electron chi connectivity index (χ2n) is 3.48. The number of rotatable bonds is 6. The first-order chi connectivity index (χ1) is 8.62. The summed E-state index contributed by atoms with van der Waals surface area (Å²) in [5.74, 6) is 1.13. The average Bonchev–Trinajstić information content (AvgIpc) is 2.36. The molecule has 0 unspecified atom stereocenters. The minimum atomic E-state index is 0.167. The summed E-state index contributed by atoms with van der Waals surface area (Å²) in [5.41, 5.74) is 7.69. The summed E-state index contributed by atoms with van der Waals surface area (Å²) in [6.07, 6.45) is 0.633. The molecule has 0 radical (unpaired) electrons. The standard InChI is InChI=1S/C12H14Cl3NO2/c1-17-11-5-9(14)4-8(2-3-16)12(11)18-7-10(15)6-13/h4-6H,2-3,7,16H2,1H3/b10-6-. The third kappa shape index (κ3) is 4.25. The molecule has 1 aromatic carbocycles. The molecule has 6 heteroatoms. The molecule has 0 aliphatic carbocycles. The SMILES string of the molecule is COc1cc(Cl)cc(CCN)c1OC/C(Cl)=C/Cl. The van der Waals surface area contributed by atoms with E-state index in [1.165, 1.54) is 5.54 Å². The Labute approximate surface area is 121 Å². The normalized spacial score (nSPS) is 11.5. The van der Waals surface area contributed by atoms with Gasteiger partial charge in [-0.15, -0.1) is 0 Å². The first kappa shape index (κ1) is 15.4. The van der Waals surface area contributed by atoms with Gasteiger partial charge in [-0.25, -0.2) is 0 Å². The number of halogens is 3. The Morgan fingerprint density at radius 3 is 2.72 bits per heavy atom. The quantitative estimate of drug-likeness (QED) is 0.874. The first-order valence-electron chi connectivity index (χ1n) is 5.26. The molecule has 0 aromatic heterocycles. The van der Waals surface area contributed by atoms with Gasteiger partial charge in [0.15, 0.2) is 11.5 Å². The van der Waals surface area contributed by atoms with E-state index in [4.69, 9.17) is 50.0 Å². The fourth-order valence-electron chi connectivity index (χ4n) is 1.45. The van der Waals surface area contributed by atoms with Gasteiger partial charge in [0.1, 0.15) is 6.61 Å². The lowest BCUT2D eigenvalue weighted by Gasteiger charge is -2.15. The summed E-state index contributed by atoms with van der Waals surface area (Å²) < 4.78 is 10.8. The van der Waals surface area contributed by atoms with E-state index in [0.29, 0.717) is 34.5 Å². The van der Waals surface area contributed by atoms with Crippen molar-refractivity contribution in [2.45, 2.75) is 6.42 Å². The maximum Gasteiger partial charge on any atom is 0.165 e. The maximum absolute atomic E-state index is 5.99. The van der Waals surface area contributed by atoms with Crippen molar-refractivity contribution >= 4 is 34.8 Å². The lowest BCUT2D eigenvalue weighted by molar-refractivity contribution is 0.320. The van der Waals surface area contributed by atoms with Crippen LogP contribution in [0.4, 0.5) is 0 Å². The van der Waals surface area contributed by atoms with Crippen LogP contribution in [-0.4, -0.2) is 20.3 Å². The highest BCUT2D eigenvalue weighted by molar-refractivity contribution is 6.36. The number of nitrogens with two attached hydrogens (primary N) is 1. The summed E-state index contributed by atoms with van der Waals surface area (Å²) >= 11 is 17.2. The molecule has 0 saturated carbocycles. The molecule has 0 fully saturated rings. The van der Waals surface area contributed by atoms with Crippen LogP contribution < -0.4 is 15.2 Å². The van der Waals surface area contributed by atoms with E-state index in [0.717, 1.165) is 5.56 Å². The van der Waals surface area contributed by atoms with Crippen molar-refractivity contribution in [3.8, 4) is 11.5 Å². The van der Waals surface area contributed by atoms with Gasteiger partial charge < -0.3 is 15.2 Å². The van der Waals surface area contributed by atoms with Crippen molar-refractivity contribution < 1.29 is 9.47 Å². The minimum Gasteiger partial charge on any atom is -0.493 e. The molecule has 3 nitrogen and oxygen atoms in total. The summed E-state index contributed by atoms with van der Waals surface area (Å²) in [5, 5.41) is 0.967. The Hall–Kier alpha value is -0.610. The molecule has 0 amide bonds. The van der Waals surface area contributed by atoms with Crippen molar-refractivity contribution in [1.29, 1.82) is 0 Å². The van der Waals surface area contributed by atoms with Gasteiger partial charge in [-0.05, 0) is 19.0 Å².